The van der Waals surface area contributed by atoms with E-state index in [1.165, 1.54) is 4.31 Å². The molecule has 1 aliphatic rings. The van der Waals surface area contributed by atoms with Crippen molar-refractivity contribution in [1.82, 2.24) is 4.31 Å². The van der Waals surface area contributed by atoms with Crippen molar-refractivity contribution in [3.05, 3.63) is 65.7 Å². The second-order valence-corrected chi connectivity index (χ2v) is 8.37. The van der Waals surface area contributed by atoms with E-state index in [1.54, 1.807) is 30.3 Å². The molecule has 0 aromatic heterocycles. The number of ether oxygens (including phenoxy) is 1. The number of benzene rings is 2. The lowest BCUT2D eigenvalue weighted by molar-refractivity contribution is -0.150. The molecule has 1 atom stereocenters. The van der Waals surface area contributed by atoms with Crippen LogP contribution in [0.4, 0.5) is 0 Å². The molecule has 2 aromatic carbocycles. The lowest BCUT2D eigenvalue weighted by Gasteiger charge is -2.33. The molecule has 138 valence electrons. The van der Waals surface area contributed by atoms with Gasteiger partial charge in [0, 0.05) is 6.54 Å². The van der Waals surface area contributed by atoms with Crippen molar-refractivity contribution in [3.63, 3.8) is 0 Å². The number of sulfonamides is 1. The van der Waals surface area contributed by atoms with Gasteiger partial charge in [-0.15, -0.1) is 0 Å². The van der Waals surface area contributed by atoms with Gasteiger partial charge in [0.05, 0.1) is 4.90 Å². The number of piperidine rings is 1. The van der Waals surface area contributed by atoms with E-state index >= 15 is 0 Å². The van der Waals surface area contributed by atoms with E-state index in [-0.39, 0.29) is 11.5 Å². The number of hydrogen-bond donors (Lipinski definition) is 0. The first kappa shape index (κ1) is 18.6. The Morgan fingerprint density at radius 1 is 1.08 bits per heavy atom. The summed E-state index contributed by atoms with van der Waals surface area (Å²) < 4.78 is 32.7. The third-order valence-corrected chi connectivity index (χ3v) is 6.63. The highest BCUT2D eigenvalue weighted by Crippen LogP contribution is 2.26. The molecule has 6 heteroatoms. The van der Waals surface area contributed by atoms with Crippen molar-refractivity contribution in [2.45, 2.75) is 43.7 Å². The van der Waals surface area contributed by atoms with E-state index in [0.29, 0.717) is 13.0 Å². The molecule has 0 aliphatic carbocycles. The maximum absolute atomic E-state index is 12.9. The maximum atomic E-state index is 12.9. The highest BCUT2D eigenvalue weighted by Gasteiger charge is 2.38. The Balaban J connectivity index is 1.76. The molecule has 3 rings (SSSR count). The van der Waals surface area contributed by atoms with E-state index in [4.69, 9.17) is 4.74 Å². The summed E-state index contributed by atoms with van der Waals surface area (Å²) in [5.41, 5.74) is 1.96. The van der Waals surface area contributed by atoms with Crippen molar-refractivity contribution < 1.29 is 17.9 Å². The summed E-state index contributed by atoms with van der Waals surface area (Å²) >= 11 is 0. The molecule has 0 N–H and O–H groups in total. The predicted molar refractivity (Wildman–Crippen MR) is 98.9 cm³/mol. The highest BCUT2D eigenvalue weighted by molar-refractivity contribution is 7.89. The standard InChI is InChI=1S/C20H23NO4S/c1-16-9-5-6-10-17(16)15-25-20(22)19-13-7-8-14-21(19)26(23,24)18-11-3-2-4-12-18/h2-6,9-12,19H,7-8,13-15H2,1H3/t19-/m0/s1. The van der Waals surface area contributed by atoms with Crippen molar-refractivity contribution in [3.8, 4) is 0 Å². The van der Waals surface area contributed by atoms with E-state index in [0.717, 1.165) is 24.0 Å². The quantitative estimate of drug-likeness (QED) is 0.755. The summed E-state index contributed by atoms with van der Waals surface area (Å²) in [5, 5.41) is 0. The Hall–Kier alpha value is -2.18. The van der Waals surface area contributed by atoms with E-state index < -0.39 is 22.0 Å². The zero-order chi connectivity index (χ0) is 18.6. The van der Waals surface area contributed by atoms with Gasteiger partial charge in [0.1, 0.15) is 12.6 Å². The van der Waals surface area contributed by atoms with Gasteiger partial charge in [-0.05, 0) is 49.4 Å². The minimum atomic E-state index is -3.71. The zero-order valence-electron chi connectivity index (χ0n) is 14.8. The van der Waals surface area contributed by atoms with Gasteiger partial charge in [-0.25, -0.2) is 8.42 Å². The smallest absolute Gasteiger partial charge is 0.324 e. The van der Waals surface area contributed by atoms with Crippen LogP contribution in [-0.2, 0) is 26.2 Å². The van der Waals surface area contributed by atoms with Crippen LogP contribution < -0.4 is 0 Å². The molecule has 26 heavy (non-hydrogen) atoms. The van der Waals surface area contributed by atoms with E-state index in [2.05, 4.69) is 0 Å². The Morgan fingerprint density at radius 2 is 1.77 bits per heavy atom. The largest absolute Gasteiger partial charge is 0.460 e. The fourth-order valence-corrected chi connectivity index (χ4v) is 4.84. The monoisotopic (exact) mass is 373 g/mol. The number of nitrogens with zero attached hydrogens (tertiary/aromatic N) is 1. The summed E-state index contributed by atoms with van der Waals surface area (Å²) in [6, 6.07) is 15.2. The average Bonchev–Trinajstić information content (AvgIpc) is 2.68. The van der Waals surface area contributed by atoms with Crippen molar-refractivity contribution in [1.29, 1.82) is 0 Å². The Bertz CT molecular complexity index is 864. The van der Waals surface area contributed by atoms with Crippen LogP contribution in [0.15, 0.2) is 59.5 Å². The van der Waals surface area contributed by atoms with Crippen LogP contribution in [0.3, 0.4) is 0 Å². The van der Waals surface area contributed by atoms with Gasteiger partial charge in [-0.1, -0.05) is 42.5 Å². The van der Waals surface area contributed by atoms with Crippen LogP contribution in [0.2, 0.25) is 0 Å². The summed E-state index contributed by atoms with van der Waals surface area (Å²) in [5.74, 6) is -0.479. The molecule has 0 saturated carbocycles. The number of esters is 1. The van der Waals surface area contributed by atoms with Gasteiger partial charge in [-0.2, -0.15) is 4.31 Å². The number of carbonyl (C=O) groups excluding carboxylic acids is 1. The Morgan fingerprint density at radius 3 is 2.50 bits per heavy atom. The van der Waals surface area contributed by atoms with Crippen LogP contribution in [0.1, 0.15) is 30.4 Å². The van der Waals surface area contributed by atoms with Crippen LogP contribution >= 0.6 is 0 Å². The van der Waals surface area contributed by atoms with E-state index in [1.807, 2.05) is 31.2 Å². The fourth-order valence-electron chi connectivity index (χ4n) is 3.17. The summed E-state index contributed by atoms with van der Waals surface area (Å²) in [7, 11) is -3.71. The predicted octanol–water partition coefficient (Wildman–Crippen LogP) is 3.28. The van der Waals surface area contributed by atoms with Crippen LogP contribution in [0, 0.1) is 6.92 Å². The van der Waals surface area contributed by atoms with Gasteiger partial charge < -0.3 is 4.74 Å². The minimum Gasteiger partial charge on any atom is -0.460 e. The highest BCUT2D eigenvalue weighted by atomic mass is 32.2. The molecular weight excluding hydrogens is 350 g/mol. The molecule has 1 heterocycles. The van der Waals surface area contributed by atoms with Gasteiger partial charge in [0.2, 0.25) is 10.0 Å². The third-order valence-electron chi connectivity index (χ3n) is 4.71. The Kier molecular flexibility index (Phi) is 5.74. The SMILES string of the molecule is Cc1ccccc1COC(=O)[C@@H]1CCCCN1S(=O)(=O)c1ccccc1. The maximum Gasteiger partial charge on any atom is 0.324 e. The van der Waals surface area contributed by atoms with Crippen molar-refractivity contribution >= 4 is 16.0 Å². The molecule has 2 aromatic rings. The van der Waals surface area contributed by atoms with Gasteiger partial charge in [0.15, 0.2) is 0 Å². The first-order valence-electron chi connectivity index (χ1n) is 8.78. The second kappa shape index (κ2) is 8.01. The molecule has 0 unspecified atom stereocenters. The van der Waals surface area contributed by atoms with Gasteiger partial charge in [0.25, 0.3) is 0 Å². The molecule has 1 fully saturated rings. The molecule has 1 saturated heterocycles. The van der Waals surface area contributed by atoms with Crippen molar-refractivity contribution in [2.24, 2.45) is 0 Å². The molecule has 5 nitrogen and oxygen atoms in total. The summed E-state index contributed by atoms with van der Waals surface area (Å²) in [6.45, 7) is 2.44. The first-order valence-corrected chi connectivity index (χ1v) is 10.2. The topological polar surface area (TPSA) is 63.7 Å². The lowest BCUT2D eigenvalue weighted by Crippen LogP contribution is -2.48. The van der Waals surface area contributed by atoms with Crippen molar-refractivity contribution in [2.75, 3.05) is 6.54 Å². The second-order valence-electron chi connectivity index (χ2n) is 6.47. The average molecular weight is 373 g/mol. The number of carbonyl (C=O) groups is 1. The molecule has 0 amide bonds. The lowest BCUT2D eigenvalue weighted by atomic mass is 10.1. The first-order chi connectivity index (χ1) is 12.5. The number of hydrogen-bond acceptors (Lipinski definition) is 4. The van der Waals surface area contributed by atoms with Crippen LogP contribution in [0.25, 0.3) is 0 Å². The molecule has 0 spiro atoms. The van der Waals surface area contributed by atoms with Gasteiger partial charge in [-0.3, -0.25) is 4.79 Å². The van der Waals surface area contributed by atoms with E-state index in [9.17, 15) is 13.2 Å². The fraction of sp³-hybridized carbons (Fsp3) is 0.350. The number of rotatable bonds is 5. The zero-order valence-corrected chi connectivity index (χ0v) is 15.6. The molecule has 1 aliphatic heterocycles. The summed E-state index contributed by atoms with van der Waals surface area (Å²) in [4.78, 5) is 12.8. The van der Waals surface area contributed by atoms with Crippen LogP contribution in [0.5, 0.6) is 0 Å². The number of aryl methyl sites for hydroxylation is 1. The van der Waals surface area contributed by atoms with Crippen LogP contribution in [-0.4, -0.2) is 31.3 Å². The Labute approximate surface area is 154 Å². The third kappa shape index (κ3) is 3.97. The minimum absolute atomic E-state index is 0.154. The summed E-state index contributed by atoms with van der Waals surface area (Å²) in [6.07, 6.45) is 2.04. The molecule has 0 radical (unpaired) electrons. The molecule has 0 bridgehead atoms. The normalized spacial score (nSPS) is 18.4. The molecular formula is C20H23NO4S. The van der Waals surface area contributed by atoms with Gasteiger partial charge >= 0.3 is 5.97 Å².